The van der Waals surface area contributed by atoms with E-state index in [0.29, 0.717) is 6.54 Å². The number of hydrogen-bond donors (Lipinski definition) is 2. The molecule has 0 saturated carbocycles. The molecule has 11 heavy (non-hydrogen) atoms. The molecule has 3 heteroatoms. The Labute approximate surface area is 66.4 Å². The molecule has 1 aromatic rings. The lowest BCUT2D eigenvalue weighted by atomic mass is 10.1. The quantitative estimate of drug-likeness (QED) is 0.658. The van der Waals surface area contributed by atoms with Crippen molar-refractivity contribution in [3.63, 3.8) is 0 Å². The first-order valence-corrected chi connectivity index (χ1v) is 3.70. The summed E-state index contributed by atoms with van der Waals surface area (Å²) in [4.78, 5) is 3.90. The molecule has 1 heterocycles. The van der Waals surface area contributed by atoms with E-state index in [1.807, 2.05) is 12.1 Å². The van der Waals surface area contributed by atoms with Gasteiger partial charge in [-0.05, 0) is 30.7 Å². The average Bonchev–Trinajstić information content (AvgIpc) is 2.07. The maximum absolute atomic E-state index is 5.80. The highest BCUT2D eigenvalue weighted by atomic mass is 14.7. The van der Waals surface area contributed by atoms with Gasteiger partial charge in [0.15, 0.2) is 0 Å². The van der Waals surface area contributed by atoms with Crippen LogP contribution in [0.5, 0.6) is 0 Å². The van der Waals surface area contributed by atoms with Gasteiger partial charge in [0.2, 0.25) is 0 Å². The molecule has 1 aromatic heterocycles. The van der Waals surface area contributed by atoms with Crippen molar-refractivity contribution in [1.82, 2.24) is 4.98 Å². The lowest BCUT2D eigenvalue weighted by molar-refractivity contribution is 0.660. The zero-order valence-corrected chi connectivity index (χ0v) is 6.40. The number of nitrogens with zero attached hydrogens (tertiary/aromatic N) is 1. The Hall–Kier alpha value is -0.930. The van der Waals surface area contributed by atoms with Gasteiger partial charge < -0.3 is 11.5 Å². The van der Waals surface area contributed by atoms with Crippen molar-refractivity contribution in [2.45, 2.75) is 12.5 Å². The molecule has 0 aromatic carbocycles. The van der Waals surface area contributed by atoms with Crippen molar-refractivity contribution < 1.29 is 0 Å². The maximum atomic E-state index is 5.80. The second-order valence-electron chi connectivity index (χ2n) is 2.46. The summed E-state index contributed by atoms with van der Waals surface area (Å²) in [5.74, 6) is 0. The molecule has 0 unspecified atom stereocenters. The molecule has 0 spiro atoms. The van der Waals surface area contributed by atoms with Crippen LogP contribution in [-0.4, -0.2) is 11.5 Å². The van der Waals surface area contributed by atoms with Crippen LogP contribution < -0.4 is 11.5 Å². The Morgan fingerprint density at radius 3 is 2.55 bits per heavy atom. The van der Waals surface area contributed by atoms with Crippen LogP contribution in [0, 0.1) is 0 Å². The van der Waals surface area contributed by atoms with E-state index in [4.69, 9.17) is 11.5 Å². The molecule has 0 amide bonds. The molecule has 0 aliphatic rings. The second-order valence-corrected chi connectivity index (χ2v) is 2.46. The van der Waals surface area contributed by atoms with Gasteiger partial charge in [0.05, 0.1) is 0 Å². The van der Waals surface area contributed by atoms with Gasteiger partial charge in [-0.2, -0.15) is 0 Å². The van der Waals surface area contributed by atoms with E-state index >= 15 is 0 Å². The number of aromatic nitrogens is 1. The Balaban J connectivity index is 2.61. The van der Waals surface area contributed by atoms with Crippen LogP contribution in [0.25, 0.3) is 0 Å². The topological polar surface area (TPSA) is 64.9 Å². The number of nitrogens with two attached hydrogens (primary N) is 2. The van der Waals surface area contributed by atoms with Crippen molar-refractivity contribution in [1.29, 1.82) is 0 Å². The van der Waals surface area contributed by atoms with Gasteiger partial charge in [-0.1, -0.05) is 0 Å². The summed E-state index contributed by atoms with van der Waals surface area (Å²) in [6.07, 6.45) is 4.31. The Morgan fingerprint density at radius 2 is 2.00 bits per heavy atom. The molecule has 60 valence electrons. The first-order chi connectivity index (χ1) is 5.34. The molecule has 4 N–H and O–H groups in total. The molecule has 1 atom stereocenters. The molecule has 0 aliphatic heterocycles. The van der Waals surface area contributed by atoms with E-state index in [2.05, 4.69) is 4.98 Å². The zero-order chi connectivity index (χ0) is 8.10. The summed E-state index contributed by atoms with van der Waals surface area (Å²) in [6, 6.07) is 3.89. The van der Waals surface area contributed by atoms with Crippen molar-refractivity contribution in [2.24, 2.45) is 11.5 Å². The van der Waals surface area contributed by atoms with Gasteiger partial charge in [-0.25, -0.2) is 0 Å². The predicted molar refractivity (Wildman–Crippen MR) is 44.8 cm³/mol. The van der Waals surface area contributed by atoms with Crippen LogP contribution in [0.1, 0.15) is 18.0 Å². The van der Waals surface area contributed by atoms with E-state index in [1.54, 1.807) is 12.4 Å². The fraction of sp³-hybridized carbons (Fsp3) is 0.375. The molecule has 0 saturated heterocycles. The van der Waals surface area contributed by atoms with Crippen molar-refractivity contribution in [2.75, 3.05) is 6.54 Å². The van der Waals surface area contributed by atoms with Gasteiger partial charge in [-0.3, -0.25) is 4.98 Å². The molecule has 3 nitrogen and oxygen atoms in total. The minimum atomic E-state index is 0.0583. The maximum Gasteiger partial charge on any atom is 0.0308 e. The first kappa shape index (κ1) is 8.17. The van der Waals surface area contributed by atoms with Gasteiger partial charge in [0.25, 0.3) is 0 Å². The number of pyridine rings is 1. The van der Waals surface area contributed by atoms with E-state index in [1.165, 1.54) is 0 Å². The third-order valence-electron chi connectivity index (χ3n) is 1.61. The third kappa shape index (κ3) is 2.29. The highest BCUT2D eigenvalue weighted by molar-refractivity contribution is 5.14. The normalized spacial score (nSPS) is 12.9. The number of hydrogen-bond acceptors (Lipinski definition) is 3. The van der Waals surface area contributed by atoms with E-state index in [-0.39, 0.29) is 6.04 Å². The molecule has 0 bridgehead atoms. The van der Waals surface area contributed by atoms with E-state index in [0.717, 1.165) is 12.0 Å². The average molecular weight is 151 g/mol. The fourth-order valence-corrected chi connectivity index (χ4v) is 0.957. The van der Waals surface area contributed by atoms with Crippen LogP contribution in [-0.2, 0) is 0 Å². The summed E-state index contributed by atoms with van der Waals surface area (Å²) in [7, 11) is 0. The van der Waals surface area contributed by atoms with Crippen LogP contribution in [0.4, 0.5) is 0 Å². The van der Waals surface area contributed by atoms with E-state index < -0.39 is 0 Å². The Kier molecular flexibility index (Phi) is 3.01. The Bertz CT molecular complexity index is 198. The monoisotopic (exact) mass is 151 g/mol. The summed E-state index contributed by atoms with van der Waals surface area (Å²) >= 11 is 0. The van der Waals surface area contributed by atoms with Gasteiger partial charge in [-0.15, -0.1) is 0 Å². The highest BCUT2D eigenvalue weighted by Crippen LogP contribution is 2.10. The molecular weight excluding hydrogens is 138 g/mol. The van der Waals surface area contributed by atoms with Crippen LogP contribution in [0.3, 0.4) is 0 Å². The lowest BCUT2D eigenvalue weighted by Crippen LogP contribution is -2.15. The van der Waals surface area contributed by atoms with Crippen LogP contribution in [0.15, 0.2) is 24.5 Å². The summed E-state index contributed by atoms with van der Waals surface area (Å²) in [6.45, 7) is 0.628. The third-order valence-corrected chi connectivity index (χ3v) is 1.61. The fourth-order valence-electron chi connectivity index (χ4n) is 0.957. The lowest BCUT2D eigenvalue weighted by Gasteiger charge is -2.08. The van der Waals surface area contributed by atoms with Crippen LogP contribution in [0.2, 0.25) is 0 Å². The minimum absolute atomic E-state index is 0.0583. The molecule has 0 radical (unpaired) electrons. The molecule has 1 rings (SSSR count). The summed E-state index contributed by atoms with van der Waals surface area (Å²) in [5, 5.41) is 0. The molecular formula is C8H13N3. The van der Waals surface area contributed by atoms with Crippen molar-refractivity contribution in [3.05, 3.63) is 30.1 Å². The molecule has 0 aliphatic carbocycles. The van der Waals surface area contributed by atoms with E-state index in [9.17, 15) is 0 Å². The second kappa shape index (κ2) is 4.05. The summed E-state index contributed by atoms with van der Waals surface area (Å²) in [5.41, 5.74) is 12.3. The van der Waals surface area contributed by atoms with Gasteiger partial charge in [0.1, 0.15) is 0 Å². The van der Waals surface area contributed by atoms with Gasteiger partial charge >= 0.3 is 0 Å². The highest BCUT2D eigenvalue weighted by Gasteiger charge is 2.02. The molecule has 0 fully saturated rings. The smallest absolute Gasteiger partial charge is 0.0308 e. The van der Waals surface area contributed by atoms with Crippen LogP contribution >= 0.6 is 0 Å². The van der Waals surface area contributed by atoms with Crippen molar-refractivity contribution in [3.8, 4) is 0 Å². The largest absolute Gasteiger partial charge is 0.330 e. The number of rotatable bonds is 3. The van der Waals surface area contributed by atoms with Gasteiger partial charge in [0, 0.05) is 18.4 Å². The zero-order valence-electron chi connectivity index (χ0n) is 6.40. The Morgan fingerprint density at radius 1 is 1.36 bits per heavy atom. The summed E-state index contributed by atoms with van der Waals surface area (Å²) < 4.78 is 0. The predicted octanol–water partition coefficient (Wildman–Crippen LogP) is 0.430. The van der Waals surface area contributed by atoms with Crippen molar-refractivity contribution >= 4 is 0 Å². The standard InChI is InChI=1S/C8H13N3/c9-4-1-8(10)7-2-5-11-6-3-7/h2-3,5-6,8H,1,4,9-10H2/t8-/m0/s1. The minimum Gasteiger partial charge on any atom is -0.330 e. The first-order valence-electron chi connectivity index (χ1n) is 3.70. The SMILES string of the molecule is NCC[C@H](N)c1ccncc1.